The molecule has 5 nitrogen and oxygen atoms in total. The summed E-state index contributed by atoms with van der Waals surface area (Å²) in [6, 6.07) is 1.42. The summed E-state index contributed by atoms with van der Waals surface area (Å²) in [4.78, 5) is 15.7. The molecule has 1 atom stereocenters. The van der Waals surface area contributed by atoms with Gasteiger partial charge in [-0.05, 0) is 22.0 Å². The van der Waals surface area contributed by atoms with Gasteiger partial charge in [0.15, 0.2) is 5.82 Å². The van der Waals surface area contributed by atoms with Gasteiger partial charge in [-0.3, -0.25) is 4.79 Å². The number of fused-ring (bicyclic) bond motifs is 1. The van der Waals surface area contributed by atoms with Gasteiger partial charge in [0.25, 0.3) is 0 Å². The first-order valence-corrected chi connectivity index (χ1v) is 5.22. The summed E-state index contributed by atoms with van der Waals surface area (Å²) in [5, 5.41) is 5.77. The molecule has 1 unspecified atom stereocenters. The van der Waals surface area contributed by atoms with Gasteiger partial charge in [0.2, 0.25) is 5.91 Å². The van der Waals surface area contributed by atoms with Gasteiger partial charge < -0.3 is 15.4 Å². The summed E-state index contributed by atoms with van der Waals surface area (Å²) in [6.45, 7) is 0.322. The fourth-order valence-corrected chi connectivity index (χ4v) is 1.72. The van der Waals surface area contributed by atoms with Crippen molar-refractivity contribution in [1.82, 2.24) is 4.98 Å². The van der Waals surface area contributed by atoms with Gasteiger partial charge in [0.05, 0.1) is 12.3 Å². The molecule has 80 valence electrons. The number of carbonyl (C=O) groups excluding carboxylic acids is 1. The van der Waals surface area contributed by atoms with Crippen molar-refractivity contribution in [2.45, 2.75) is 6.04 Å². The van der Waals surface area contributed by atoms with E-state index in [0.717, 1.165) is 4.47 Å². The highest BCUT2D eigenvalue weighted by molar-refractivity contribution is 9.10. The maximum absolute atomic E-state index is 11.6. The second-order valence-corrected chi connectivity index (χ2v) is 4.11. The molecule has 0 fully saturated rings. The SMILES string of the molecule is COCC1Nc2ncc(Br)cc2NC1=O. The highest BCUT2D eigenvalue weighted by Gasteiger charge is 2.25. The number of carbonyl (C=O) groups is 1. The smallest absolute Gasteiger partial charge is 0.249 e. The number of nitrogens with zero attached hydrogens (tertiary/aromatic N) is 1. The summed E-state index contributed by atoms with van der Waals surface area (Å²) >= 11 is 3.29. The lowest BCUT2D eigenvalue weighted by atomic mass is 10.2. The maximum Gasteiger partial charge on any atom is 0.249 e. The van der Waals surface area contributed by atoms with Gasteiger partial charge in [-0.15, -0.1) is 0 Å². The van der Waals surface area contributed by atoms with Crippen molar-refractivity contribution in [1.29, 1.82) is 0 Å². The molecule has 0 aromatic carbocycles. The van der Waals surface area contributed by atoms with Crippen LogP contribution in [0.2, 0.25) is 0 Å². The summed E-state index contributed by atoms with van der Waals surface area (Å²) < 4.78 is 5.76. The third-order valence-electron chi connectivity index (χ3n) is 2.07. The number of rotatable bonds is 2. The molecular weight excluding hydrogens is 262 g/mol. The fourth-order valence-electron chi connectivity index (χ4n) is 1.38. The number of aromatic nitrogens is 1. The van der Waals surface area contributed by atoms with Crippen LogP contribution < -0.4 is 10.6 Å². The fraction of sp³-hybridized carbons (Fsp3) is 0.333. The number of hydrogen-bond acceptors (Lipinski definition) is 4. The predicted octanol–water partition coefficient (Wildman–Crippen LogP) is 1.22. The van der Waals surface area contributed by atoms with Crippen molar-refractivity contribution in [3.05, 3.63) is 16.7 Å². The van der Waals surface area contributed by atoms with E-state index in [-0.39, 0.29) is 11.9 Å². The van der Waals surface area contributed by atoms with E-state index in [1.54, 1.807) is 19.4 Å². The van der Waals surface area contributed by atoms with Crippen LogP contribution in [0.4, 0.5) is 11.5 Å². The van der Waals surface area contributed by atoms with E-state index in [1.165, 1.54) is 0 Å². The number of ether oxygens (including phenoxy) is 1. The van der Waals surface area contributed by atoms with E-state index >= 15 is 0 Å². The first kappa shape index (κ1) is 10.4. The molecule has 0 saturated carbocycles. The zero-order valence-corrected chi connectivity index (χ0v) is 9.67. The van der Waals surface area contributed by atoms with Crippen LogP contribution in [0.25, 0.3) is 0 Å². The number of hydrogen-bond donors (Lipinski definition) is 2. The summed E-state index contributed by atoms with van der Waals surface area (Å²) in [7, 11) is 1.56. The maximum atomic E-state index is 11.6. The van der Waals surface area contributed by atoms with Crippen molar-refractivity contribution >= 4 is 33.3 Å². The zero-order chi connectivity index (χ0) is 10.8. The summed E-state index contributed by atoms with van der Waals surface area (Å²) in [5.74, 6) is 0.559. The van der Waals surface area contributed by atoms with Crippen LogP contribution in [0, 0.1) is 0 Å². The molecule has 2 heterocycles. The number of anilines is 2. The summed E-state index contributed by atoms with van der Waals surface area (Å²) in [6.07, 6.45) is 1.67. The van der Waals surface area contributed by atoms with Gasteiger partial charge in [0.1, 0.15) is 6.04 Å². The molecule has 2 rings (SSSR count). The predicted molar refractivity (Wildman–Crippen MR) is 59.9 cm³/mol. The van der Waals surface area contributed by atoms with E-state index in [9.17, 15) is 4.79 Å². The Morgan fingerprint density at radius 1 is 1.67 bits per heavy atom. The Morgan fingerprint density at radius 3 is 3.20 bits per heavy atom. The molecule has 0 radical (unpaired) electrons. The second-order valence-electron chi connectivity index (χ2n) is 3.19. The van der Waals surface area contributed by atoms with Gasteiger partial charge in [-0.25, -0.2) is 4.98 Å². The number of amides is 1. The Hall–Kier alpha value is -1.14. The topological polar surface area (TPSA) is 63.2 Å². The van der Waals surface area contributed by atoms with Crippen molar-refractivity contribution in [3.63, 3.8) is 0 Å². The molecule has 0 spiro atoms. The average Bonchev–Trinajstić information content (AvgIpc) is 2.20. The van der Waals surface area contributed by atoms with Crippen LogP contribution in [-0.2, 0) is 9.53 Å². The molecule has 1 amide bonds. The highest BCUT2D eigenvalue weighted by atomic mass is 79.9. The Balaban J connectivity index is 2.26. The van der Waals surface area contributed by atoms with Gasteiger partial charge in [-0.1, -0.05) is 0 Å². The van der Waals surface area contributed by atoms with E-state index in [0.29, 0.717) is 18.1 Å². The minimum Gasteiger partial charge on any atom is -0.382 e. The van der Waals surface area contributed by atoms with Crippen molar-refractivity contribution in [2.24, 2.45) is 0 Å². The Labute approximate surface area is 95.3 Å². The number of pyridine rings is 1. The molecule has 0 saturated heterocycles. The lowest BCUT2D eigenvalue weighted by Crippen LogP contribution is -2.42. The van der Waals surface area contributed by atoms with Gasteiger partial charge in [-0.2, -0.15) is 0 Å². The molecule has 15 heavy (non-hydrogen) atoms. The highest BCUT2D eigenvalue weighted by Crippen LogP contribution is 2.26. The van der Waals surface area contributed by atoms with Crippen LogP contribution in [0.5, 0.6) is 0 Å². The Kier molecular flexibility index (Phi) is 2.88. The van der Waals surface area contributed by atoms with Gasteiger partial charge >= 0.3 is 0 Å². The largest absolute Gasteiger partial charge is 0.382 e. The summed E-state index contributed by atoms with van der Waals surface area (Å²) in [5.41, 5.74) is 0.682. The van der Waals surface area contributed by atoms with E-state index in [2.05, 4.69) is 31.5 Å². The molecule has 1 aliphatic heterocycles. The first-order valence-electron chi connectivity index (χ1n) is 4.42. The Bertz CT molecular complexity index is 397. The second kappa shape index (κ2) is 4.16. The van der Waals surface area contributed by atoms with Crippen LogP contribution in [0.1, 0.15) is 0 Å². The molecular formula is C9H10BrN3O2. The average molecular weight is 272 g/mol. The molecule has 1 aromatic heterocycles. The molecule has 1 aromatic rings. The molecule has 0 bridgehead atoms. The normalized spacial score (nSPS) is 19.1. The van der Waals surface area contributed by atoms with E-state index in [4.69, 9.17) is 4.74 Å². The van der Waals surface area contributed by atoms with Gasteiger partial charge in [0, 0.05) is 17.8 Å². The monoisotopic (exact) mass is 271 g/mol. The van der Waals surface area contributed by atoms with Crippen molar-refractivity contribution < 1.29 is 9.53 Å². The third-order valence-corrected chi connectivity index (χ3v) is 2.51. The zero-order valence-electron chi connectivity index (χ0n) is 8.08. The third kappa shape index (κ3) is 2.10. The molecule has 1 aliphatic rings. The quantitative estimate of drug-likeness (QED) is 0.849. The van der Waals surface area contributed by atoms with Crippen molar-refractivity contribution in [2.75, 3.05) is 24.4 Å². The van der Waals surface area contributed by atoms with Crippen LogP contribution in [0.15, 0.2) is 16.7 Å². The molecule has 6 heteroatoms. The lowest BCUT2D eigenvalue weighted by molar-refractivity contribution is -0.118. The minimum absolute atomic E-state index is 0.107. The van der Waals surface area contributed by atoms with E-state index in [1.807, 2.05) is 0 Å². The molecule has 2 N–H and O–H groups in total. The number of methoxy groups -OCH3 is 1. The van der Waals surface area contributed by atoms with Crippen LogP contribution in [0.3, 0.4) is 0 Å². The van der Waals surface area contributed by atoms with Crippen LogP contribution in [-0.4, -0.2) is 30.6 Å². The van der Waals surface area contributed by atoms with Crippen molar-refractivity contribution in [3.8, 4) is 0 Å². The first-order chi connectivity index (χ1) is 7.20. The van der Waals surface area contributed by atoms with Crippen LogP contribution >= 0.6 is 15.9 Å². The number of nitrogens with one attached hydrogen (secondary N) is 2. The molecule has 0 aliphatic carbocycles. The number of halogens is 1. The standard InChI is InChI=1S/C9H10BrN3O2/c1-15-4-7-9(14)13-6-2-5(10)3-11-8(6)12-7/h2-3,7H,4H2,1H3,(H,11,12)(H,13,14). The van der Waals surface area contributed by atoms with E-state index < -0.39 is 0 Å². The lowest BCUT2D eigenvalue weighted by Gasteiger charge is -2.25. The Morgan fingerprint density at radius 2 is 2.47 bits per heavy atom. The minimum atomic E-state index is -0.379.